The van der Waals surface area contributed by atoms with Crippen LogP contribution >= 0.6 is 24.8 Å². The van der Waals surface area contributed by atoms with Crippen molar-refractivity contribution in [3.63, 3.8) is 0 Å². The van der Waals surface area contributed by atoms with Crippen LogP contribution in [0.1, 0.15) is 0 Å². The molecule has 1 aromatic rings. The molecule has 0 fully saturated rings. The molecular weight excluding hydrogens is 262 g/mol. The van der Waals surface area contributed by atoms with Crippen LogP contribution in [0.25, 0.3) is 0 Å². The number of aromatic amines is 1. The molecule has 6 nitrogen and oxygen atoms in total. The van der Waals surface area contributed by atoms with Gasteiger partial charge in [-0.05, 0) is 0 Å². The Morgan fingerprint density at radius 1 is 1.44 bits per heavy atom. The molecule has 0 aliphatic carbocycles. The Balaban J connectivity index is 0. The molecule has 1 heterocycles. The van der Waals surface area contributed by atoms with Gasteiger partial charge in [-0.2, -0.15) is 4.39 Å². The van der Waals surface area contributed by atoms with Crippen molar-refractivity contribution in [2.24, 2.45) is 11.5 Å². The fraction of sp³-hybridized carbons (Fsp3) is 0.429. The second-order valence-electron chi connectivity index (χ2n) is 2.88. The highest BCUT2D eigenvalue weighted by atomic mass is 35.5. The molecule has 0 unspecified atom stereocenters. The minimum Gasteiger partial charge on any atom is -0.329 e. The first-order valence-electron chi connectivity index (χ1n) is 3.99. The smallest absolute Gasteiger partial charge is 0.328 e. The summed E-state index contributed by atoms with van der Waals surface area (Å²) in [6.07, 6.45) is 0.816. The van der Waals surface area contributed by atoms with Crippen LogP contribution in [0.3, 0.4) is 0 Å². The Kier molecular flexibility index (Phi) is 8.09. The van der Waals surface area contributed by atoms with Crippen LogP contribution in [-0.2, 0) is 6.54 Å². The summed E-state index contributed by atoms with van der Waals surface area (Å²) < 4.78 is 13.7. The molecule has 0 aliphatic rings. The first-order valence-corrected chi connectivity index (χ1v) is 3.99. The summed E-state index contributed by atoms with van der Waals surface area (Å²) in [6.45, 7) is 0.246. The lowest BCUT2D eigenvalue weighted by Crippen LogP contribution is -2.40. The summed E-state index contributed by atoms with van der Waals surface area (Å²) in [5.41, 5.74) is 8.97. The molecule has 0 amide bonds. The number of hydrogen-bond acceptors (Lipinski definition) is 4. The summed E-state index contributed by atoms with van der Waals surface area (Å²) in [6, 6.07) is -0.446. The van der Waals surface area contributed by atoms with Gasteiger partial charge in [0.05, 0.1) is 6.20 Å². The first-order chi connectivity index (χ1) is 6.54. The molecule has 0 saturated carbocycles. The molecular formula is C7H13Cl2FN4O2. The van der Waals surface area contributed by atoms with Gasteiger partial charge in [0.2, 0.25) is 5.82 Å². The first kappa shape index (κ1) is 17.5. The second kappa shape index (κ2) is 7.39. The van der Waals surface area contributed by atoms with Gasteiger partial charge in [0.15, 0.2) is 0 Å². The molecule has 0 saturated heterocycles. The lowest BCUT2D eigenvalue weighted by molar-refractivity contribution is 0.505. The van der Waals surface area contributed by atoms with Crippen LogP contribution in [0.5, 0.6) is 0 Å². The molecule has 9 heteroatoms. The van der Waals surface area contributed by atoms with Gasteiger partial charge in [-0.25, -0.2) is 4.79 Å². The number of H-pyrrole nitrogens is 1. The number of nitrogens with two attached hydrogens (primary N) is 2. The molecule has 16 heavy (non-hydrogen) atoms. The number of hydrogen-bond donors (Lipinski definition) is 3. The van der Waals surface area contributed by atoms with E-state index in [1.807, 2.05) is 4.98 Å². The SMILES string of the molecule is Cl.Cl.NC[C@@H](N)Cn1cc(F)c(=O)[nH]c1=O. The molecule has 0 spiro atoms. The standard InChI is InChI=1S/C7H11FN4O2.2ClH/c8-5-3-12(2-4(10)1-9)7(14)11-6(5)13;;/h3-4H,1-2,9-10H2,(H,11,13,14);2*1H/t4-;;/m1../s1. The van der Waals surface area contributed by atoms with Gasteiger partial charge in [0.1, 0.15) is 0 Å². The molecule has 0 aromatic carbocycles. The highest BCUT2D eigenvalue weighted by molar-refractivity contribution is 5.85. The fourth-order valence-corrected chi connectivity index (χ4v) is 0.946. The minimum atomic E-state index is -1.03. The molecule has 5 N–H and O–H groups in total. The summed E-state index contributed by atoms with van der Waals surface area (Å²) in [7, 11) is 0. The van der Waals surface area contributed by atoms with E-state index in [9.17, 15) is 14.0 Å². The number of nitrogens with one attached hydrogen (secondary N) is 1. The van der Waals surface area contributed by atoms with E-state index in [4.69, 9.17) is 11.5 Å². The molecule has 0 radical (unpaired) electrons. The molecule has 0 aliphatic heterocycles. The lowest BCUT2D eigenvalue weighted by Gasteiger charge is -2.09. The van der Waals surface area contributed by atoms with E-state index < -0.39 is 23.1 Å². The van der Waals surface area contributed by atoms with Gasteiger partial charge in [-0.15, -0.1) is 24.8 Å². The topological polar surface area (TPSA) is 107 Å². The Bertz CT molecular complexity index is 433. The number of halogens is 3. The second-order valence-corrected chi connectivity index (χ2v) is 2.88. The van der Waals surface area contributed by atoms with E-state index in [0.717, 1.165) is 10.8 Å². The molecule has 1 aromatic heterocycles. The third-order valence-electron chi connectivity index (χ3n) is 1.70. The van der Waals surface area contributed by atoms with Gasteiger partial charge < -0.3 is 11.5 Å². The zero-order valence-electron chi connectivity index (χ0n) is 8.18. The van der Waals surface area contributed by atoms with Crippen LogP contribution in [0.4, 0.5) is 4.39 Å². The molecule has 1 rings (SSSR count). The summed E-state index contributed by atoms with van der Waals surface area (Å²) in [5.74, 6) is -1.02. The van der Waals surface area contributed by atoms with Gasteiger partial charge in [0.25, 0.3) is 5.56 Å². The van der Waals surface area contributed by atoms with E-state index in [-0.39, 0.29) is 37.9 Å². The molecule has 94 valence electrons. The zero-order valence-corrected chi connectivity index (χ0v) is 9.81. The summed E-state index contributed by atoms with van der Waals surface area (Å²) >= 11 is 0. The number of aromatic nitrogens is 2. The number of rotatable bonds is 3. The summed E-state index contributed by atoms with van der Waals surface area (Å²) in [5, 5.41) is 0. The van der Waals surface area contributed by atoms with Crippen LogP contribution in [0.2, 0.25) is 0 Å². The van der Waals surface area contributed by atoms with Crippen LogP contribution in [0, 0.1) is 5.82 Å². The lowest BCUT2D eigenvalue weighted by atomic mass is 10.3. The Morgan fingerprint density at radius 3 is 2.50 bits per heavy atom. The highest BCUT2D eigenvalue weighted by Crippen LogP contribution is 1.86. The van der Waals surface area contributed by atoms with Crippen LogP contribution in [-0.4, -0.2) is 22.1 Å². The van der Waals surface area contributed by atoms with E-state index in [2.05, 4.69) is 0 Å². The zero-order chi connectivity index (χ0) is 10.7. The minimum absolute atomic E-state index is 0. The van der Waals surface area contributed by atoms with Gasteiger partial charge >= 0.3 is 5.69 Å². The Hall–Kier alpha value is -0.890. The monoisotopic (exact) mass is 274 g/mol. The van der Waals surface area contributed by atoms with E-state index in [0.29, 0.717) is 0 Å². The van der Waals surface area contributed by atoms with E-state index in [1.54, 1.807) is 0 Å². The maximum Gasteiger partial charge on any atom is 0.328 e. The maximum atomic E-state index is 12.7. The molecule has 0 bridgehead atoms. The quantitative estimate of drug-likeness (QED) is 0.644. The van der Waals surface area contributed by atoms with E-state index in [1.165, 1.54) is 0 Å². The third kappa shape index (κ3) is 4.31. The number of nitrogens with zero attached hydrogens (tertiary/aromatic N) is 1. The highest BCUT2D eigenvalue weighted by Gasteiger charge is 2.06. The van der Waals surface area contributed by atoms with Crippen molar-refractivity contribution in [2.75, 3.05) is 6.54 Å². The average molecular weight is 275 g/mol. The van der Waals surface area contributed by atoms with E-state index >= 15 is 0 Å². The predicted molar refractivity (Wildman–Crippen MR) is 62.8 cm³/mol. The fourth-order valence-electron chi connectivity index (χ4n) is 0.946. The van der Waals surface area contributed by atoms with Crippen molar-refractivity contribution < 1.29 is 4.39 Å². The average Bonchev–Trinajstić information content (AvgIpc) is 2.14. The van der Waals surface area contributed by atoms with Gasteiger partial charge in [-0.3, -0.25) is 14.3 Å². The van der Waals surface area contributed by atoms with Gasteiger partial charge in [0, 0.05) is 19.1 Å². The molecule has 1 atom stereocenters. The van der Waals surface area contributed by atoms with Crippen molar-refractivity contribution >= 4 is 24.8 Å². The van der Waals surface area contributed by atoms with Crippen molar-refractivity contribution in [3.8, 4) is 0 Å². The third-order valence-corrected chi connectivity index (χ3v) is 1.70. The maximum absolute atomic E-state index is 12.7. The van der Waals surface area contributed by atoms with Crippen LogP contribution < -0.4 is 22.7 Å². The van der Waals surface area contributed by atoms with Crippen LogP contribution in [0.15, 0.2) is 15.8 Å². The van der Waals surface area contributed by atoms with Crippen molar-refractivity contribution in [2.45, 2.75) is 12.6 Å². The Labute approximate surface area is 103 Å². The van der Waals surface area contributed by atoms with Crippen molar-refractivity contribution in [3.05, 3.63) is 32.9 Å². The van der Waals surface area contributed by atoms with Crippen molar-refractivity contribution in [1.82, 2.24) is 9.55 Å². The summed E-state index contributed by atoms with van der Waals surface area (Å²) in [4.78, 5) is 23.6. The normalized spacial score (nSPS) is 11.2. The predicted octanol–water partition coefficient (Wildman–Crippen LogP) is -1.19. The van der Waals surface area contributed by atoms with Gasteiger partial charge in [-0.1, -0.05) is 0 Å². The largest absolute Gasteiger partial charge is 0.329 e. The van der Waals surface area contributed by atoms with Crippen molar-refractivity contribution in [1.29, 1.82) is 0 Å². The Morgan fingerprint density at radius 2 is 2.00 bits per heavy atom.